The van der Waals surface area contributed by atoms with Crippen molar-refractivity contribution in [2.75, 3.05) is 6.61 Å². The standard InChI is InChI=1S/C16H22O4/c1-4-11-19-16(18)10-9-15(17)13-5-7-14(8-6-13)20-12(2)3/h5-8,12H,4,9-11H2,1-3H3. The molecule has 4 heteroatoms. The van der Waals surface area contributed by atoms with Gasteiger partial charge in [-0.05, 0) is 44.5 Å². The summed E-state index contributed by atoms with van der Waals surface area (Å²) < 4.78 is 10.4. The lowest BCUT2D eigenvalue weighted by Crippen LogP contribution is -2.09. The molecule has 20 heavy (non-hydrogen) atoms. The second kappa shape index (κ2) is 8.35. The van der Waals surface area contributed by atoms with Crippen LogP contribution in [0.3, 0.4) is 0 Å². The largest absolute Gasteiger partial charge is 0.491 e. The second-order valence-electron chi connectivity index (χ2n) is 4.83. The number of ketones is 1. The molecule has 0 heterocycles. The maximum atomic E-state index is 11.9. The number of esters is 1. The Labute approximate surface area is 120 Å². The Balaban J connectivity index is 2.45. The van der Waals surface area contributed by atoms with Crippen LogP contribution in [-0.4, -0.2) is 24.5 Å². The number of carbonyl (C=O) groups excluding carboxylic acids is 2. The Morgan fingerprint density at radius 3 is 2.30 bits per heavy atom. The van der Waals surface area contributed by atoms with E-state index in [-0.39, 0.29) is 30.7 Å². The van der Waals surface area contributed by atoms with E-state index in [4.69, 9.17) is 9.47 Å². The van der Waals surface area contributed by atoms with E-state index in [1.165, 1.54) is 0 Å². The van der Waals surface area contributed by atoms with Gasteiger partial charge in [0.1, 0.15) is 5.75 Å². The van der Waals surface area contributed by atoms with Gasteiger partial charge < -0.3 is 9.47 Å². The van der Waals surface area contributed by atoms with E-state index < -0.39 is 0 Å². The molecule has 0 aliphatic heterocycles. The quantitative estimate of drug-likeness (QED) is 0.540. The minimum Gasteiger partial charge on any atom is -0.491 e. The summed E-state index contributed by atoms with van der Waals surface area (Å²) in [4.78, 5) is 23.2. The highest BCUT2D eigenvalue weighted by Crippen LogP contribution is 2.15. The summed E-state index contributed by atoms with van der Waals surface area (Å²) >= 11 is 0. The van der Waals surface area contributed by atoms with Crippen molar-refractivity contribution in [1.82, 2.24) is 0 Å². The third-order valence-corrected chi connectivity index (χ3v) is 2.57. The number of Topliss-reactive ketones (excluding diaryl/α,β-unsaturated/α-hetero) is 1. The second-order valence-corrected chi connectivity index (χ2v) is 4.83. The molecule has 0 bridgehead atoms. The number of ether oxygens (including phenoxy) is 2. The minimum atomic E-state index is -0.319. The van der Waals surface area contributed by atoms with Crippen molar-refractivity contribution in [2.45, 2.75) is 46.1 Å². The summed E-state index contributed by atoms with van der Waals surface area (Å²) in [5.74, 6) is 0.355. The Morgan fingerprint density at radius 2 is 1.75 bits per heavy atom. The molecule has 0 aliphatic carbocycles. The molecule has 0 amide bonds. The van der Waals surface area contributed by atoms with Crippen LogP contribution in [0.5, 0.6) is 5.75 Å². The smallest absolute Gasteiger partial charge is 0.306 e. The zero-order valence-corrected chi connectivity index (χ0v) is 12.3. The van der Waals surface area contributed by atoms with E-state index in [2.05, 4.69) is 0 Å². The number of benzene rings is 1. The fourth-order valence-electron chi connectivity index (χ4n) is 1.64. The average molecular weight is 278 g/mol. The van der Waals surface area contributed by atoms with Crippen LogP contribution >= 0.6 is 0 Å². The predicted octanol–water partition coefficient (Wildman–Crippen LogP) is 3.39. The van der Waals surface area contributed by atoms with Gasteiger partial charge in [0.05, 0.1) is 19.1 Å². The van der Waals surface area contributed by atoms with Crippen LogP contribution in [0, 0.1) is 0 Å². The molecule has 1 rings (SSSR count). The van der Waals surface area contributed by atoms with Gasteiger partial charge in [0, 0.05) is 12.0 Å². The molecule has 110 valence electrons. The van der Waals surface area contributed by atoms with Crippen molar-refractivity contribution in [2.24, 2.45) is 0 Å². The van der Waals surface area contributed by atoms with Gasteiger partial charge in [-0.1, -0.05) is 6.92 Å². The van der Waals surface area contributed by atoms with Crippen LogP contribution < -0.4 is 4.74 Å². The van der Waals surface area contributed by atoms with Gasteiger partial charge in [-0.15, -0.1) is 0 Å². The first-order valence-electron chi connectivity index (χ1n) is 6.98. The maximum absolute atomic E-state index is 11.9. The summed E-state index contributed by atoms with van der Waals surface area (Å²) in [6, 6.07) is 6.97. The molecule has 0 fully saturated rings. The van der Waals surface area contributed by atoms with E-state index in [0.717, 1.165) is 12.2 Å². The van der Waals surface area contributed by atoms with Gasteiger partial charge in [0.2, 0.25) is 0 Å². The molecule has 0 saturated carbocycles. The Hall–Kier alpha value is -1.84. The van der Waals surface area contributed by atoms with Crippen LogP contribution in [0.25, 0.3) is 0 Å². The van der Waals surface area contributed by atoms with Crippen molar-refractivity contribution in [3.05, 3.63) is 29.8 Å². The van der Waals surface area contributed by atoms with Crippen LogP contribution in [0.4, 0.5) is 0 Å². The van der Waals surface area contributed by atoms with Crippen molar-refractivity contribution >= 4 is 11.8 Å². The van der Waals surface area contributed by atoms with Crippen molar-refractivity contribution in [3.63, 3.8) is 0 Å². The van der Waals surface area contributed by atoms with Crippen LogP contribution in [0.2, 0.25) is 0 Å². The third-order valence-electron chi connectivity index (χ3n) is 2.57. The van der Waals surface area contributed by atoms with E-state index >= 15 is 0 Å². The number of hydrogen-bond acceptors (Lipinski definition) is 4. The van der Waals surface area contributed by atoms with Gasteiger partial charge in [-0.25, -0.2) is 0 Å². The van der Waals surface area contributed by atoms with E-state index in [1.54, 1.807) is 24.3 Å². The van der Waals surface area contributed by atoms with Crippen LogP contribution in [-0.2, 0) is 9.53 Å². The van der Waals surface area contributed by atoms with E-state index in [9.17, 15) is 9.59 Å². The monoisotopic (exact) mass is 278 g/mol. The molecule has 0 N–H and O–H groups in total. The van der Waals surface area contributed by atoms with Gasteiger partial charge in [-0.3, -0.25) is 9.59 Å². The van der Waals surface area contributed by atoms with Gasteiger partial charge in [0.15, 0.2) is 5.78 Å². The highest BCUT2D eigenvalue weighted by Gasteiger charge is 2.10. The predicted molar refractivity (Wildman–Crippen MR) is 77.0 cm³/mol. The summed E-state index contributed by atoms with van der Waals surface area (Å²) in [6.07, 6.45) is 1.19. The third kappa shape index (κ3) is 5.87. The van der Waals surface area contributed by atoms with Gasteiger partial charge >= 0.3 is 5.97 Å². The van der Waals surface area contributed by atoms with E-state index in [1.807, 2.05) is 20.8 Å². The Bertz CT molecular complexity index is 434. The topological polar surface area (TPSA) is 52.6 Å². The molecule has 0 aliphatic rings. The molecular formula is C16H22O4. The molecule has 0 spiro atoms. The SMILES string of the molecule is CCCOC(=O)CCC(=O)c1ccc(OC(C)C)cc1. The first-order valence-corrected chi connectivity index (χ1v) is 6.98. The fourth-order valence-corrected chi connectivity index (χ4v) is 1.64. The first kappa shape index (κ1) is 16.2. The minimum absolute atomic E-state index is 0.0606. The summed E-state index contributed by atoms with van der Waals surface area (Å²) in [6.45, 7) is 6.23. The summed E-state index contributed by atoms with van der Waals surface area (Å²) in [7, 11) is 0. The average Bonchev–Trinajstić information content (AvgIpc) is 2.42. The lowest BCUT2D eigenvalue weighted by molar-refractivity contribution is -0.143. The van der Waals surface area contributed by atoms with Gasteiger partial charge in [-0.2, -0.15) is 0 Å². The van der Waals surface area contributed by atoms with Crippen LogP contribution in [0.1, 0.15) is 50.4 Å². The Kier molecular flexibility index (Phi) is 6.77. The molecule has 0 unspecified atom stereocenters. The molecule has 1 aromatic rings. The highest BCUT2D eigenvalue weighted by molar-refractivity contribution is 5.97. The molecule has 0 aromatic heterocycles. The van der Waals surface area contributed by atoms with E-state index in [0.29, 0.717) is 12.2 Å². The van der Waals surface area contributed by atoms with Crippen LogP contribution in [0.15, 0.2) is 24.3 Å². The van der Waals surface area contributed by atoms with Crippen molar-refractivity contribution < 1.29 is 19.1 Å². The number of hydrogen-bond donors (Lipinski definition) is 0. The molecule has 0 saturated heterocycles. The number of carbonyl (C=O) groups is 2. The highest BCUT2D eigenvalue weighted by atomic mass is 16.5. The lowest BCUT2D eigenvalue weighted by Gasteiger charge is -2.09. The Morgan fingerprint density at radius 1 is 1.10 bits per heavy atom. The van der Waals surface area contributed by atoms with Crippen molar-refractivity contribution in [1.29, 1.82) is 0 Å². The van der Waals surface area contributed by atoms with Crippen molar-refractivity contribution in [3.8, 4) is 5.75 Å². The zero-order valence-electron chi connectivity index (χ0n) is 12.3. The first-order chi connectivity index (χ1) is 9.52. The molecule has 4 nitrogen and oxygen atoms in total. The molecule has 0 atom stereocenters. The lowest BCUT2D eigenvalue weighted by atomic mass is 10.1. The fraction of sp³-hybridized carbons (Fsp3) is 0.500. The molecule has 1 aromatic carbocycles. The van der Waals surface area contributed by atoms with Gasteiger partial charge in [0.25, 0.3) is 0 Å². The molecule has 0 radical (unpaired) electrons. The normalized spacial score (nSPS) is 10.4. The maximum Gasteiger partial charge on any atom is 0.306 e. The zero-order chi connectivity index (χ0) is 15.0. The number of rotatable bonds is 8. The molecular weight excluding hydrogens is 256 g/mol. The summed E-state index contributed by atoms with van der Waals surface area (Å²) in [5.41, 5.74) is 0.587. The summed E-state index contributed by atoms with van der Waals surface area (Å²) in [5, 5.41) is 0.